The molecule has 0 aromatic carbocycles. The van der Waals surface area contributed by atoms with Gasteiger partial charge in [-0.1, -0.05) is 0 Å². The Morgan fingerprint density at radius 2 is 2.06 bits per heavy atom. The molecule has 1 heterocycles. The Labute approximate surface area is 99.3 Å². The Morgan fingerprint density at radius 3 is 2.53 bits per heavy atom. The topological polar surface area (TPSA) is 101 Å². The van der Waals surface area contributed by atoms with Gasteiger partial charge in [0.05, 0.1) is 11.5 Å². The van der Waals surface area contributed by atoms with E-state index < -0.39 is 28.3 Å². The number of likely N-dealkylation sites (N-methyl/N-ethyl adjacent to an activating group) is 1. The standard InChI is InChI=1S/C9H15NO6S/c1-10(7-2-3-17(14,15)6-7)8(11)4-16-5-9(12)13/h7H,2-6H2,1H3,(H,12,13). The Balaban J connectivity index is 2.40. The van der Waals surface area contributed by atoms with Gasteiger partial charge in [-0.25, -0.2) is 13.2 Å². The van der Waals surface area contributed by atoms with Gasteiger partial charge in [0, 0.05) is 13.1 Å². The van der Waals surface area contributed by atoms with E-state index in [-0.39, 0.29) is 24.2 Å². The zero-order valence-electron chi connectivity index (χ0n) is 9.46. The van der Waals surface area contributed by atoms with Gasteiger partial charge in [-0.05, 0) is 6.42 Å². The van der Waals surface area contributed by atoms with Crippen LogP contribution in [-0.2, 0) is 24.2 Å². The first-order valence-corrected chi connectivity index (χ1v) is 6.89. The minimum absolute atomic E-state index is 0.0336. The summed E-state index contributed by atoms with van der Waals surface area (Å²) < 4.78 is 27.1. The van der Waals surface area contributed by atoms with Crippen LogP contribution in [0.2, 0.25) is 0 Å². The fraction of sp³-hybridized carbons (Fsp3) is 0.778. The van der Waals surface area contributed by atoms with Crippen LogP contribution in [-0.4, -0.2) is 68.1 Å². The summed E-state index contributed by atoms with van der Waals surface area (Å²) in [6.45, 7) is -0.887. The van der Waals surface area contributed by atoms with Crippen LogP contribution in [0.4, 0.5) is 0 Å². The van der Waals surface area contributed by atoms with Crippen LogP contribution in [0.5, 0.6) is 0 Å². The number of carbonyl (C=O) groups excluding carboxylic acids is 1. The summed E-state index contributed by atoms with van der Waals surface area (Å²) in [4.78, 5) is 23.0. The van der Waals surface area contributed by atoms with Crippen LogP contribution in [0.3, 0.4) is 0 Å². The highest BCUT2D eigenvalue weighted by molar-refractivity contribution is 7.91. The molecule has 1 saturated heterocycles. The van der Waals surface area contributed by atoms with E-state index in [0.29, 0.717) is 6.42 Å². The van der Waals surface area contributed by atoms with Crippen molar-refractivity contribution in [3.05, 3.63) is 0 Å². The monoisotopic (exact) mass is 265 g/mol. The molecule has 1 atom stereocenters. The lowest BCUT2D eigenvalue weighted by Crippen LogP contribution is -2.40. The molecule has 0 aliphatic carbocycles. The minimum Gasteiger partial charge on any atom is -0.480 e. The SMILES string of the molecule is CN(C(=O)COCC(=O)O)C1CCS(=O)(=O)C1. The van der Waals surface area contributed by atoms with Crippen LogP contribution >= 0.6 is 0 Å². The maximum atomic E-state index is 11.5. The number of ether oxygens (including phenoxy) is 1. The maximum Gasteiger partial charge on any atom is 0.329 e. The van der Waals surface area contributed by atoms with Crippen molar-refractivity contribution in [2.75, 3.05) is 31.8 Å². The van der Waals surface area contributed by atoms with Crippen LogP contribution in [0.25, 0.3) is 0 Å². The zero-order chi connectivity index (χ0) is 13.1. The van der Waals surface area contributed by atoms with Gasteiger partial charge in [0.1, 0.15) is 13.2 Å². The lowest BCUT2D eigenvalue weighted by atomic mass is 10.2. The van der Waals surface area contributed by atoms with Crippen LogP contribution in [0, 0.1) is 0 Å². The van der Waals surface area contributed by atoms with Crippen molar-refractivity contribution in [1.82, 2.24) is 4.90 Å². The van der Waals surface area contributed by atoms with Gasteiger partial charge in [-0.2, -0.15) is 0 Å². The van der Waals surface area contributed by atoms with Gasteiger partial charge >= 0.3 is 5.97 Å². The third-order valence-corrected chi connectivity index (χ3v) is 4.35. The van der Waals surface area contributed by atoms with E-state index in [2.05, 4.69) is 4.74 Å². The summed E-state index contributed by atoms with van der Waals surface area (Å²) in [5.74, 6) is -1.50. The summed E-state index contributed by atoms with van der Waals surface area (Å²) in [7, 11) is -1.54. The molecule has 0 bridgehead atoms. The van der Waals surface area contributed by atoms with Gasteiger partial charge in [-0.15, -0.1) is 0 Å². The minimum atomic E-state index is -3.04. The quantitative estimate of drug-likeness (QED) is 0.665. The third kappa shape index (κ3) is 4.31. The summed E-state index contributed by atoms with van der Waals surface area (Å²) in [5.41, 5.74) is 0. The molecular formula is C9H15NO6S. The van der Waals surface area contributed by atoms with Crippen molar-refractivity contribution in [1.29, 1.82) is 0 Å². The molecule has 1 aliphatic rings. The Bertz CT molecular complexity index is 404. The molecule has 8 heteroatoms. The van der Waals surface area contributed by atoms with E-state index in [1.54, 1.807) is 0 Å². The molecule has 0 radical (unpaired) electrons. The van der Waals surface area contributed by atoms with Crippen LogP contribution in [0.15, 0.2) is 0 Å². The number of hydrogen-bond donors (Lipinski definition) is 1. The molecule has 0 aromatic rings. The van der Waals surface area contributed by atoms with E-state index in [1.807, 2.05) is 0 Å². The van der Waals surface area contributed by atoms with Gasteiger partial charge in [0.25, 0.3) is 0 Å². The van der Waals surface area contributed by atoms with Gasteiger partial charge in [-0.3, -0.25) is 4.79 Å². The highest BCUT2D eigenvalue weighted by atomic mass is 32.2. The van der Waals surface area contributed by atoms with Gasteiger partial charge < -0.3 is 14.7 Å². The van der Waals surface area contributed by atoms with E-state index >= 15 is 0 Å². The predicted octanol–water partition coefficient (Wildman–Crippen LogP) is -1.27. The molecule has 7 nitrogen and oxygen atoms in total. The number of rotatable bonds is 5. The van der Waals surface area contributed by atoms with E-state index in [1.165, 1.54) is 11.9 Å². The predicted molar refractivity (Wildman–Crippen MR) is 58.3 cm³/mol. The number of amides is 1. The molecule has 98 valence electrons. The number of carboxylic acids is 1. The molecule has 0 saturated carbocycles. The average molecular weight is 265 g/mol. The van der Waals surface area contributed by atoms with E-state index in [4.69, 9.17) is 5.11 Å². The lowest BCUT2D eigenvalue weighted by Gasteiger charge is -2.23. The van der Waals surface area contributed by atoms with Crippen LogP contribution in [0.1, 0.15) is 6.42 Å². The summed E-state index contributed by atoms with van der Waals surface area (Å²) >= 11 is 0. The Morgan fingerprint density at radius 1 is 1.41 bits per heavy atom. The number of nitrogens with zero attached hydrogens (tertiary/aromatic N) is 1. The molecular weight excluding hydrogens is 250 g/mol. The highest BCUT2D eigenvalue weighted by Crippen LogP contribution is 2.16. The van der Waals surface area contributed by atoms with Crippen molar-refractivity contribution >= 4 is 21.7 Å². The van der Waals surface area contributed by atoms with E-state index in [9.17, 15) is 18.0 Å². The molecule has 1 unspecified atom stereocenters. The number of aliphatic carboxylic acids is 1. The Kier molecular flexibility index (Phi) is 4.47. The second kappa shape index (κ2) is 5.46. The average Bonchev–Trinajstić information content (AvgIpc) is 2.57. The number of hydrogen-bond acceptors (Lipinski definition) is 5. The molecule has 1 rings (SSSR count). The largest absolute Gasteiger partial charge is 0.480 e. The highest BCUT2D eigenvalue weighted by Gasteiger charge is 2.32. The fourth-order valence-corrected chi connectivity index (χ4v) is 3.39. The third-order valence-electron chi connectivity index (χ3n) is 2.60. The number of carbonyl (C=O) groups is 2. The van der Waals surface area contributed by atoms with Crippen molar-refractivity contribution in [3.63, 3.8) is 0 Å². The molecule has 1 amide bonds. The first kappa shape index (κ1) is 13.9. The Hall–Kier alpha value is -1.15. The smallest absolute Gasteiger partial charge is 0.329 e. The van der Waals surface area contributed by atoms with Crippen molar-refractivity contribution in [2.24, 2.45) is 0 Å². The fourth-order valence-electron chi connectivity index (χ4n) is 1.61. The molecule has 1 fully saturated rings. The molecule has 1 aliphatic heterocycles. The summed E-state index contributed by atoms with van der Waals surface area (Å²) in [6, 6.07) is -0.332. The second-order valence-corrected chi connectivity index (χ2v) is 6.18. The van der Waals surface area contributed by atoms with Gasteiger partial charge in [0.2, 0.25) is 5.91 Å². The number of carboxylic acid groups (broad SMARTS) is 1. The van der Waals surface area contributed by atoms with Crippen LogP contribution < -0.4 is 0 Å². The molecule has 0 spiro atoms. The number of sulfone groups is 1. The summed E-state index contributed by atoms with van der Waals surface area (Å²) in [6.07, 6.45) is 0.420. The summed E-state index contributed by atoms with van der Waals surface area (Å²) in [5, 5.41) is 8.32. The zero-order valence-corrected chi connectivity index (χ0v) is 10.3. The van der Waals surface area contributed by atoms with Gasteiger partial charge in [0.15, 0.2) is 9.84 Å². The maximum absolute atomic E-state index is 11.5. The first-order valence-electron chi connectivity index (χ1n) is 5.07. The van der Waals surface area contributed by atoms with E-state index in [0.717, 1.165) is 0 Å². The lowest BCUT2D eigenvalue weighted by molar-refractivity contribution is -0.145. The second-order valence-electron chi connectivity index (χ2n) is 3.95. The van der Waals surface area contributed by atoms with Crippen molar-refractivity contribution in [2.45, 2.75) is 12.5 Å². The normalized spacial score (nSPS) is 22.3. The first-order chi connectivity index (χ1) is 7.82. The van der Waals surface area contributed by atoms with Crippen molar-refractivity contribution < 1.29 is 27.9 Å². The molecule has 0 aromatic heterocycles. The molecule has 1 N–H and O–H groups in total. The van der Waals surface area contributed by atoms with Crippen molar-refractivity contribution in [3.8, 4) is 0 Å². The molecule has 17 heavy (non-hydrogen) atoms.